The maximum absolute atomic E-state index is 6.92. The van der Waals surface area contributed by atoms with E-state index in [0.717, 1.165) is 55.3 Å². The summed E-state index contributed by atoms with van der Waals surface area (Å²) in [6, 6.07) is 54.3. The largest absolute Gasteiger partial charge is 0.457 e. The molecule has 64 heavy (non-hydrogen) atoms. The minimum atomic E-state index is 0.0800. The number of rotatable bonds is 6. The van der Waals surface area contributed by atoms with Gasteiger partial charge in [0.15, 0.2) is 17.5 Å². The third kappa shape index (κ3) is 6.61. The first-order chi connectivity index (χ1) is 31.1. The molecule has 0 spiro atoms. The molecule has 11 rings (SSSR count). The lowest BCUT2D eigenvalue weighted by Gasteiger charge is -2.17. The number of hydrogen-bond acceptors (Lipinski definition) is 4. The fourth-order valence-electron chi connectivity index (χ4n) is 8.63. The van der Waals surface area contributed by atoms with E-state index in [1.54, 1.807) is 0 Å². The van der Waals surface area contributed by atoms with E-state index in [2.05, 4.69) is 121 Å². The minimum Gasteiger partial charge on any atom is -0.457 e. The molecule has 0 atom stereocenters. The van der Waals surface area contributed by atoms with Crippen LogP contribution in [0.3, 0.4) is 0 Å². The van der Waals surface area contributed by atoms with Gasteiger partial charge in [0.2, 0.25) is 0 Å². The van der Waals surface area contributed by atoms with Crippen molar-refractivity contribution >= 4 is 137 Å². The maximum atomic E-state index is 6.92. The monoisotopic (exact) mass is 797 g/mol. The number of nitrogens with zero attached hydrogens (tertiary/aromatic N) is 3. The molecule has 0 aliphatic rings. The Morgan fingerprint density at radius 1 is 0.281 bits per heavy atom. The Balaban J connectivity index is 1.10. The summed E-state index contributed by atoms with van der Waals surface area (Å²) in [5, 5.41) is 5.22. The lowest BCUT2D eigenvalue weighted by Crippen LogP contribution is -2.47. The highest BCUT2D eigenvalue weighted by Crippen LogP contribution is 2.35. The second-order valence-electron chi connectivity index (χ2n) is 16.0. The van der Waals surface area contributed by atoms with Crippen molar-refractivity contribution in [1.29, 1.82) is 0 Å². The van der Waals surface area contributed by atoms with Crippen LogP contribution >= 0.6 is 0 Å². The smallest absolute Gasteiger partial charge is 0.164 e. The van der Waals surface area contributed by atoms with Crippen LogP contribution < -0.4 is 38.2 Å². The first kappa shape index (κ1) is 39.6. The molecule has 0 unspecified atom stereocenters. The molecule has 2 heterocycles. The summed E-state index contributed by atoms with van der Waals surface area (Å²) in [5.74, 6) is 0.984. The predicted octanol–water partition coefficient (Wildman–Crippen LogP) is 5.64. The highest BCUT2D eigenvalue weighted by Gasteiger charge is 2.25. The van der Waals surface area contributed by atoms with Crippen molar-refractivity contribution < 1.29 is 4.42 Å². The van der Waals surface area contributed by atoms with E-state index in [9.17, 15) is 0 Å². The molecule has 9 aromatic carbocycles. The topological polar surface area (TPSA) is 51.8 Å². The summed E-state index contributed by atoms with van der Waals surface area (Å²) in [6.07, 6.45) is 0. The van der Waals surface area contributed by atoms with Gasteiger partial charge in [-0.15, -0.1) is 16.4 Å². The maximum Gasteiger partial charge on any atom is 0.164 e. The molecule has 0 aliphatic carbocycles. The zero-order chi connectivity index (χ0) is 43.8. The molecular formula is C53H26B7N3O. The van der Waals surface area contributed by atoms with Crippen LogP contribution in [0.4, 0.5) is 0 Å². The van der Waals surface area contributed by atoms with Crippen molar-refractivity contribution in [2.75, 3.05) is 0 Å². The van der Waals surface area contributed by atoms with Gasteiger partial charge in [0.1, 0.15) is 66.1 Å². The van der Waals surface area contributed by atoms with Gasteiger partial charge in [-0.2, -0.15) is 0 Å². The molecule has 11 aromatic rings. The van der Waals surface area contributed by atoms with E-state index in [-0.39, 0.29) is 55.2 Å². The third-order valence-corrected chi connectivity index (χ3v) is 12.1. The van der Waals surface area contributed by atoms with E-state index >= 15 is 0 Å². The standard InChI is InChI=1S/C53H26B7N3O/c54-42-40-39-41(43(55)45(57)47(59)49(39)64-50(40)48(60)46(58)44(42)56)53-62-51(61-52(63-53)37-22-19-31-18-21-35(25-38(31)26-37)27-7-2-1-3-8-27)36-12-6-11-33(24-36)29-13-15-30(16-14-29)34-20-17-28-9-4-5-10-32(28)23-34/h1-26H. The number of fused-ring (bicyclic) bond motifs is 5. The van der Waals surface area contributed by atoms with Gasteiger partial charge in [-0.25, -0.2) is 15.0 Å². The Morgan fingerprint density at radius 2 is 0.703 bits per heavy atom. The van der Waals surface area contributed by atoms with Crippen LogP contribution in [0.5, 0.6) is 0 Å². The second kappa shape index (κ2) is 15.5. The van der Waals surface area contributed by atoms with E-state index in [1.807, 2.05) is 36.4 Å². The molecule has 280 valence electrons. The number of furan rings is 1. The Kier molecular flexibility index (Phi) is 9.61. The van der Waals surface area contributed by atoms with Crippen molar-refractivity contribution in [2.45, 2.75) is 0 Å². The van der Waals surface area contributed by atoms with Crippen LogP contribution in [0, 0.1) is 0 Å². The normalized spacial score (nSPS) is 11.6. The van der Waals surface area contributed by atoms with Gasteiger partial charge >= 0.3 is 0 Å². The number of aromatic nitrogens is 3. The quantitative estimate of drug-likeness (QED) is 0.205. The van der Waals surface area contributed by atoms with Gasteiger partial charge in [-0.05, 0) is 79.2 Å². The highest BCUT2D eigenvalue weighted by molar-refractivity contribution is 6.68. The summed E-state index contributed by atoms with van der Waals surface area (Å²) in [7, 11) is 46.0. The summed E-state index contributed by atoms with van der Waals surface area (Å²) < 4.78 is 6.30. The van der Waals surface area contributed by atoms with Crippen LogP contribution in [0.25, 0.3) is 111 Å². The van der Waals surface area contributed by atoms with Gasteiger partial charge in [0.05, 0.1) is 0 Å². The molecule has 0 N–H and O–H groups in total. The van der Waals surface area contributed by atoms with Crippen LogP contribution in [-0.2, 0) is 0 Å². The highest BCUT2D eigenvalue weighted by atomic mass is 16.3. The average molecular weight is 796 g/mol. The zero-order valence-corrected chi connectivity index (χ0v) is 34.3. The summed E-state index contributed by atoms with van der Waals surface area (Å²) >= 11 is 0. The molecule has 0 fully saturated rings. The SMILES string of the molecule is [B]c1c([B])c([B])c2c(oc3c([B])c([B])c([B])c(-c4nc(-c5cccc(-c6ccc(-c7ccc8ccccc8c7)cc6)c5)nc(-c5ccc6ccc(-c7ccccc7)cc6c5)n4)c32)c1[B]. The minimum absolute atomic E-state index is 0.0800. The average Bonchev–Trinajstić information content (AvgIpc) is 3.75. The lowest BCUT2D eigenvalue weighted by atomic mass is 9.64. The molecule has 4 nitrogen and oxygen atoms in total. The van der Waals surface area contributed by atoms with Crippen LogP contribution in [-0.4, -0.2) is 69.9 Å². The van der Waals surface area contributed by atoms with Crippen molar-refractivity contribution in [3.05, 3.63) is 158 Å². The van der Waals surface area contributed by atoms with Crippen LogP contribution in [0.1, 0.15) is 0 Å². The third-order valence-electron chi connectivity index (χ3n) is 12.1. The molecule has 2 aromatic heterocycles. The van der Waals surface area contributed by atoms with Gasteiger partial charge in [0.25, 0.3) is 0 Å². The van der Waals surface area contributed by atoms with E-state index in [4.69, 9.17) is 74.3 Å². The predicted molar refractivity (Wildman–Crippen MR) is 272 cm³/mol. The Morgan fingerprint density at radius 3 is 1.38 bits per heavy atom. The number of hydrogen-bond donors (Lipinski definition) is 0. The number of benzene rings is 9. The van der Waals surface area contributed by atoms with Crippen LogP contribution in [0.15, 0.2) is 162 Å². The van der Waals surface area contributed by atoms with Gasteiger partial charge in [-0.1, -0.05) is 155 Å². The summed E-state index contributed by atoms with van der Waals surface area (Å²) in [5.41, 5.74) is 9.38. The first-order valence-corrected chi connectivity index (χ1v) is 20.6. The molecule has 0 bridgehead atoms. The second-order valence-corrected chi connectivity index (χ2v) is 16.0. The molecule has 14 radical (unpaired) electrons. The Hall–Kier alpha value is -7.24. The van der Waals surface area contributed by atoms with Crippen molar-refractivity contribution in [3.8, 4) is 67.5 Å². The van der Waals surface area contributed by atoms with Crippen molar-refractivity contribution in [2.24, 2.45) is 0 Å². The summed E-state index contributed by atoms with van der Waals surface area (Å²) in [6.45, 7) is 0. The van der Waals surface area contributed by atoms with Crippen molar-refractivity contribution in [1.82, 2.24) is 15.0 Å². The Bertz CT molecular complexity index is 3700. The van der Waals surface area contributed by atoms with Gasteiger partial charge in [0, 0.05) is 27.5 Å². The zero-order valence-electron chi connectivity index (χ0n) is 34.3. The molecule has 11 heteroatoms. The molecule has 0 amide bonds. The fourth-order valence-corrected chi connectivity index (χ4v) is 8.63. The fraction of sp³-hybridized carbons (Fsp3) is 0. The molecule has 0 saturated heterocycles. The first-order valence-electron chi connectivity index (χ1n) is 20.6. The van der Waals surface area contributed by atoms with E-state index in [0.29, 0.717) is 28.0 Å². The van der Waals surface area contributed by atoms with E-state index in [1.165, 1.54) is 10.8 Å². The molecule has 0 aliphatic heterocycles. The van der Waals surface area contributed by atoms with Gasteiger partial charge in [-0.3, -0.25) is 0 Å². The van der Waals surface area contributed by atoms with E-state index < -0.39 is 0 Å². The molecular weight excluding hydrogens is 770 g/mol. The summed E-state index contributed by atoms with van der Waals surface area (Å²) in [4.78, 5) is 15.4. The molecule has 0 saturated carbocycles. The Labute approximate surface area is 379 Å². The van der Waals surface area contributed by atoms with Crippen LogP contribution in [0.2, 0.25) is 0 Å². The van der Waals surface area contributed by atoms with Gasteiger partial charge < -0.3 is 4.42 Å². The lowest BCUT2D eigenvalue weighted by molar-refractivity contribution is 0.675. The van der Waals surface area contributed by atoms with Crippen molar-refractivity contribution in [3.63, 3.8) is 0 Å².